The summed E-state index contributed by atoms with van der Waals surface area (Å²) in [5, 5.41) is 10.6. The van der Waals surface area contributed by atoms with Gasteiger partial charge in [-0.15, -0.1) is 0 Å². The SMILES string of the molecule is CCNC(=NCCc1cccc(C(=O)NC)c1)N(C)Cc1cn(C)nc1C(C)C. The van der Waals surface area contributed by atoms with Crippen molar-refractivity contribution in [2.24, 2.45) is 12.0 Å². The number of aryl methyl sites for hydroxylation is 1. The van der Waals surface area contributed by atoms with Crippen LogP contribution in [-0.2, 0) is 20.0 Å². The molecule has 0 atom stereocenters. The van der Waals surface area contributed by atoms with Crippen molar-refractivity contribution in [1.29, 1.82) is 0 Å². The smallest absolute Gasteiger partial charge is 0.251 e. The number of carbonyl (C=O) groups excluding carboxylic acids is 1. The minimum absolute atomic E-state index is 0.0687. The number of guanidine groups is 1. The fourth-order valence-electron chi connectivity index (χ4n) is 3.27. The number of rotatable bonds is 8. The maximum Gasteiger partial charge on any atom is 0.251 e. The monoisotopic (exact) mass is 398 g/mol. The molecule has 0 spiro atoms. The Hall–Kier alpha value is -2.83. The Kier molecular flexibility index (Phi) is 8.24. The van der Waals surface area contributed by atoms with Crippen molar-refractivity contribution < 1.29 is 4.79 Å². The van der Waals surface area contributed by atoms with E-state index in [0.29, 0.717) is 18.0 Å². The van der Waals surface area contributed by atoms with E-state index < -0.39 is 0 Å². The molecule has 1 aromatic carbocycles. The number of hydrogen-bond acceptors (Lipinski definition) is 3. The van der Waals surface area contributed by atoms with E-state index >= 15 is 0 Å². The van der Waals surface area contributed by atoms with Crippen LogP contribution in [0.25, 0.3) is 0 Å². The molecule has 0 unspecified atom stereocenters. The van der Waals surface area contributed by atoms with Crippen LogP contribution in [0.5, 0.6) is 0 Å². The number of aromatic nitrogens is 2. The third-order valence-electron chi connectivity index (χ3n) is 4.67. The molecule has 0 aliphatic carbocycles. The lowest BCUT2D eigenvalue weighted by Gasteiger charge is -2.22. The van der Waals surface area contributed by atoms with Crippen LogP contribution in [0.3, 0.4) is 0 Å². The van der Waals surface area contributed by atoms with E-state index in [1.54, 1.807) is 7.05 Å². The van der Waals surface area contributed by atoms with Gasteiger partial charge in [-0.2, -0.15) is 5.10 Å². The molecule has 29 heavy (non-hydrogen) atoms. The Morgan fingerprint density at radius 1 is 1.34 bits per heavy atom. The Balaban J connectivity index is 2.07. The quantitative estimate of drug-likeness (QED) is 0.529. The zero-order valence-electron chi connectivity index (χ0n) is 18.5. The van der Waals surface area contributed by atoms with E-state index in [1.165, 1.54) is 5.56 Å². The molecular weight excluding hydrogens is 364 g/mol. The van der Waals surface area contributed by atoms with Gasteiger partial charge >= 0.3 is 0 Å². The Morgan fingerprint density at radius 2 is 2.10 bits per heavy atom. The van der Waals surface area contributed by atoms with Crippen LogP contribution in [0.1, 0.15) is 53.9 Å². The average Bonchev–Trinajstić information content (AvgIpc) is 3.07. The van der Waals surface area contributed by atoms with Crippen LogP contribution >= 0.6 is 0 Å². The largest absolute Gasteiger partial charge is 0.357 e. The van der Waals surface area contributed by atoms with Gasteiger partial charge in [-0.25, -0.2) is 0 Å². The topological polar surface area (TPSA) is 74.6 Å². The van der Waals surface area contributed by atoms with Crippen LogP contribution in [-0.4, -0.2) is 53.7 Å². The van der Waals surface area contributed by atoms with Crippen molar-refractivity contribution in [2.75, 3.05) is 27.2 Å². The summed E-state index contributed by atoms with van der Waals surface area (Å²) >= 11 is 0. The summed E-state index contributed by atoms with van der Waals surface area (Å²) in [6, 6.07) is 7.69. The van der Waals surface area contributed by atoms with E-state index in [0.717, 1.165) is 36.7 Å². The average molecular weight is 399 g/mol. The first-order valence-electron chi connectivity index (χ1n) is 10.2. The molecule has 158 valence electrons. The highest BCUT2D eigenvalue weighted by molar-refractivity contribution is 5.94. The normalized spacial score (nSPS) is 11.6. The molecule has 2 rings (SSSR count). The first-order valence-corrected chi connectivity index (χ1v) is 10.2. The van der Waals surface area contributed by atoms with Crippen LogP contribution in [0.15, 0.2) is 35.5 Å². The number of benzene rings is 1. The third-order valence-corrected chi connectivity index (χ3v) is 4.67. The minimum atomic E-state index is -0.0687. The highest BCUT2D eigenvalue weighted by Gasteiger charge is 2.15. The number of carbonyl (C=O) groups is 1. The van der Waals surface area contributed by atoms with Crippen LogP contribution in [0.4, 0.5) is 0 Å². The van der Waals surface area contributed by atoms with Gasteiger partial charge in [0.15, 0.2) is 5.96 Å². The number of nitrogens with one attached hydrogen (secondary N) is 2. The predicted molar refractivity (Wildman–Crippen MR) is 118 cm³/mol. The number of nitrogens with zero attached hydrogens (tertiary/aromatic N) is 4. The molecule has 0 bridgehead atoms. The summed E-state index contributed by atoms with van der Waals surface area (Å²) in [6.07, 6.45) is 2.86. The van der Waals surface area contributed by atoms with Crippen molar-refractivity contribution in [3.05, 3.63) is 52.8 Å². The second-order valence-corrected chi connectivity index (χ2v) is 7.49. The van der Waals surface area contributed by atoms with Gasteiger partial charge in [-0.3, -0.25) is 14.5 Å². The lowest BCUT2D eigenvalue weighted by Crippen LogP contribution is -2.38. The number of amides is 1. The van der Waals surface area contributed by atoms with Crippen LogP contribution in [0.2, 0.25) is 0 Å². The first kappa shape index (κ1) is 22.5. The summed E-state index contributed by atoms with van der Waals surface area (Å²) < 4.78 is 1.88. The van der Waals surface area contributed by atoms with Gasteiger partial charge in [0.2, 0.25) is 0 Å². The van der Waals surface area contributed by atoms with E-state index in [2.05, 4.69) is 47.6 Å². The third kappa shape index (κ3) is 6.34. The summed E-state index contributed by atoms with van der Waals surface area (Å²) in [5.41, 5.74) is 4.12. The maximum atomic E-state index is 11.8. The summed E-state index contributed by atoms with van der Waals surface area (Å²) in [5.74, 6) is 1.18. The number of hydrogen-bond donors (Lipinski definition) is 2. The molecule has 1 heterocycles. The standard InChI is InChI=1S/C22H34N6O/c1-7-24-22(27(5)14-19-15-28(6)26-20(19)16(2)3)25-12-11-17-9-8-10-18(13-17)21(29)23-4/h8-10,13,15-16H,7,11-12,14H2,1-6H3,(H,23,29)(H,24,25). The van der Waals surface area contributed by atoms with Gasteiger partial charge in [0.05, 0.1) is 5.69 Å². The Labute approximate surface area is 174 Å². The first-order chi connectivity index (χ1) is 13.8. The molecule has 0 saturated heterocycles. The Morgan fingerprint density at radius 3 is 2.76 bits per heavy atom. The van der Waals surface area contributed by atoms with E-state index in [1.807, 2.05) is 43.0 Å². The highest BCUT2D eigenvalue weighted by atomic mass is 16.1. The molecule has 1 aromatic heterocycles. The zero-order chi connectivity index (χ0) is 21.4. The van der Waals surface area contributed by atoms with Gasteiger partial charge in [-0.1, -0.05) is 26.0 Å². The summed E-state index contributed by atoms with van der Waals surface area (Å²) in [4.78, 5) is 18.7. The maximum absolute atomic E-state index is 11.8. The van der Waals surface area contributed by atoms with Crippen molar-refractivity contribution in [1.82, 2.24) is 25.3 Å². The molecule has 7 nitrogen and oxygen atoms in total. The molecule has 0 aliphatic heterocycles. The van der Waals surface area contributed by atoms with Crippen LogP contribution in [0, 0.1) is 0 Å². The van der Waals surface area contributed by atoms with Gasteiger partial charge in [0, 0.05) is 58.1 Å². The lowest BCUT2D eigenvalue weighted by molar-refractivity contribution is 0.0963. The van der Waals surface area contributed by atoms with Gasteiger partial charge < -0.3 is 15.5 Å². The van der Waals surface area contributed by atoms with Gasteiger partial charge in [-0.05, 0) is 37.0 Å². The fourth-order valence-corrected chi connectivity index (χ4v) is 3.27. The second kappa shape index (κ2) is 10.6. The van der Waals surface area contributed by atoms with Crippen molar-refractivity contribution in [2.45, 2.75) is 39.7 Å². The molecule has 7 heteroatoms. The highest BCUT2D eigenvalue weighted by Crippen LogP contribution is 2.18. The zero-order valence-corrected chi connectivity index (χ0v) is 18.5. The van der Waals surface area contributed by atoms with E-state index in [4.69, 9.17) is 4.99 Å². The summed E-state index contributed by atoms with van der Waals surface area (Å²) in [6.45, 7) is 8.60. The summed E-state index contributed by atoms with van der Waals surface area (Å²) in [7, 11) is 5.65. The fraction of sp³-hybridized carbons (Fsp3) is 0.500. The second-order valence-electron chi connectivity index (χ2n) is 7.49. The lowest BCUT2D eigenvalue weighted by atomic mass is 10.1. The predicted octanol–water partition coefficient (Wildman–Crippen LogP) is 2.54. The van der Waals surface area contributed by atoms with Gasteiger partial charge in [0.1, 0.15) is 0 Å². The minimum Gasteiger partial charge on any atom is -0.357 e. The molecular formula is C22H34N6O. The van der Waals surface area contributed by atoms with Gasteiger partial charge in [0.25, 0.3) is 5.91 Å². The molecule has 0 fully saturated rings. The van der Waals surface area contributed by atoms with Crippen molar-refractivity contribution >= 4 is 11.9 Å². The molecule has 0 saturated carbocycles. The molecule has 2 aromatic rings. The molecule has 1 amide bonds. The molecule has 0 aliphatic rings. The molecule has 2 N–H and O–H groups in total. The Bertz CT molecular complexity index is 840. The van der Waals surface area contributed by atoms with E-state index in [9.17, 15) is 4.79 Å². The van der Waals surface area contributed by atoms with Crippen molar-refractivity contribution in [3.63, 3.8) is 0 Å². The number of aliphatic imine (C=N–C) groups is 1. The van der Waals surface area contributed by atoms with Crippen molar-refractivity contribution in [3.8, 4) is 0 Å². The van der Waals surface area contributed by atoms with Crippen LogP contribution < -0.4 is 10.6 Å². The molecule has 0 radical (unpaired) electrons. The van der Waals surface area contributed by atoms with E-state index in [-0.39, 0.29) is 5.91 Å².